The molecule has 2 aromatic heterocycles. The van der Waals surface area contributed by atoms with Gasteiger partial charge in [-0.1, -0.05) is 11.6 Å². The number of aromatic amines is 1. The van der Waals surface area contributed by atoms with Gasteiger partial charge >= 0.3 is 5.97 Å². The number of benzene rings is 1. The fourth-order valence-corrected chi connectivity index (χ4v) is 3.10. The van der Waals surface area contributed by atoms with Gasteiger partial charge < -0.3 is 10.1 Å². The zero-order chi connectivity index (χ0) is 16.0. The summed E-state index contributed by atoms with van der Waals surface area (Å²) in [6.45, 7) is 0. The van der Waals surface area contributed by atoms with Gasteiger partial charge in [0.25, 0.3) is 0 Å². The number of carbonyl (C=O) groups is 1. The first-order valence-corrected chi connectivity index (χ1v) is 7.97. The molecular weight excluding hydrogens is 312 g/mol. The molecule has 4 rings (SSSR count). The number of nitrogens with one attached hydrogen (secondary N) is 1. The molecule has 1 aliphatic carbocycles. The van der Waals surface area contributed by atoms with Gasteiger partial charge in [0.1, 0.15) is 5.69 Å². The zero-order valence-corrected chi connectivity index (χ0v) is 13.1. The fourth-order valence-electron chi connectivity index (χ4n) is 2.93. The van der Waals surface area contributed by atoms with Crippen LogP contribution in [0.4, 0.5) is 0 Å². The predicted octanol–water partition coefficient (Wildman–Crippen LogP) is 4.38. The highest BCUT2D eigenvalue weighted by molar-refractivity contribution is 6.31. The lowest BCUT2D eigenvalue weighted by atomic mass is 10.0. The Balaban J connectivity index is 1.74. The maximum absolute atomic E-state index is 11.3. The van der Waals surface area contributed by atoms with Gasteiger partial charge in [-0.15, -0.1) is 0 Å². The van der Waals surface area contributed by atoms with E-state index in [-0.39, 0.29) is 5.69 Å². The Morgan fingerprint density at radius 2 is 2.13 bits per heavy atom. The molecule has 0 bridgehead atoms. The number of aromatic carboxylic acids is 1. The molecule has 0 saturated heterocycles. The lowest BCUT2D eigenvalue weighted by molar-refractivity contribution is 0.0690. The van der Waals surface area contributed by atoms with E-state index in [1.165, 1.54) is 0 Å². The van der Waals surface area contributed by atoms with Crippen molar-refractivity contribution in [3.63, 3.8) is 0 Å². The third-order valence-corrected chi connectivity index (χ3v) is 4.48. The Labute approximate surface area is 138 Å². The van der Waals surface area contributed by atoms with Gasteiger partial charge in [0.2, 0.25) is 0 Å². The summed E-state index contributed by atoms with van der Waals surface area (Å²) < 4.78 is 0. The summed E-state index contributed by atoms with van der Waals surface area (Å²) in [7, 11) is 0. The Kier molecular flexibility index (Phi) is 3.34. The smallest absolute Gasteiger partial charge is 0.354 e. The maximum Gasteiger partial charge on any atom is 0.354 e. The molecule has 1 aromatic carbocycles. The van der Waals surface area contributed by atoms with Gasteiger partial charge in [0.15, 0.2) is 0 Å². The second-order valence-electron chi connectivity index (χ2n) is 6.05. The number of hydrogen-bond acceptors (Lipinski definition) is 2. The van der Waals surface area contributed by atoms with Gasteiger partial charge in [-0.2, -0.15) is 0 Å². The molecule has 1 aliphatic rings. The average molecular weight is 327 g/mol. The molecule has 0 amide bonds. The Bertz CT molecular complexity index is 913. The third kappa shape index (κ3) is 2.82. The van der Waals surface area contributed by atoms with Crippen LogP contribution >= 0.6 is 11.6 Å². The number of hydrogen-bond donors (Lipinski definition) is 2. The Hall–Kier alpha value is -2.33. The molecule has 0 radical (unpaired) electrons. The second kappa shape index (κ2) is 5.39. The van der Waals surface area contributed by atoms with Crippen LogP contribution in [0.5, 0.6) is 0 Å². The van der Waals surface area contributed by atoms with E-state index in [1.807, 2.05) is 30.5 Å². The highest BCUT2D eigenvalue weighted by Crippen LogP contribution is 2.39. The number of carboxylic acid groups (broad SMARTS) is 1. The van der Waals surface area contributed by atoms with E-state index in [4.69, 9.17) is 11.6 Å². The highest BCUT2D eigenvalue weighted by atomic mass is 35.5. The molecule has 5 heteroatoms. The largest absolute Gasteiger partial charge is 0.477 e. The average Bonchev–Trinajstić information content (AvgIpc) is 3.31. The molecule has 2 N–H and O–H groups in total. The first-order chi connectivity index (χ1) is 11.1. The van der Waals surface area contributed by atoms with Crippen LogP contribution in [-0.2, 0) is 6.42 Å². The standard InChI is InChI=1S/C18H15ClN2O2/c19-13-3-4-15-14(8-13)12(9-20-15)5-10-6-16(11-1-2-11)21-17(7-10)18(22)23/h3-4,6-9,11,20H,1-2,5H2,(H,22,23). The van der Waals surface area contributed by atoms with Gasteiger partial charge in [-0.05, 0) is 60.7 Å². The summed E-state index contributed by atoms with van der Waals surface area (Å²) in [5, 5.41) is 11.0. The van der Waals surface area contributed by atoms with Crippen LogP contribution in [0.25, 0.3) is 10.9 Å². The summed E-state index contributed by atoms with van der Waals surface area (Å²) in [5.41, 5.74) is 4.13. The van der Waals surface area contributed by atoms with Crippen molar-refractivity contribution in [2.45, 2.75) is 25.2 Å². The van der Waals surface area contributed by atoms with E-state index < -0.39 is 5.97 Å². The highest BCUT2D eigenvalue weighted by Gasteiger charge is 2.26. The van der Waals surface area contributed by atoms with Crippen LogP contribution in [0.2, 0.25) is 5.02 Å². The van der Waals surface area contributed by atoms with E-state index in [9.17, 15) is 9.90 Å². The molecule has 1 fully saturated rings. The fraction of sp³-hybridized carbons (Fsp3) is 0.222. The summed E-state index contributed by atoms with van der Waals surface area (Å²) >= 11 is 6.09. The van der Waals surface area contributed by atoms with E-state index in [0.717, 1.165) is 40.6 Å². The van der Waals surface area contributed by atoms with Crippen LogP contribution in [0.15, 0.2) is 36.5 Å². The van der Waals surface area contributed by atoms with Crippen molar-refractivity contribution in [1.82, 2.24) is 9.97 Å². The van der Waals surface area contributed by atoms with Crippen molar-refractivity contribution in [3.8, 4) is 0 Å². The number of nitrogens with zero attached hydrogens (tertiary/aromatic N) is 1. The van der Waals surface area contributed by atoms with Crippen LogP contribution in [0.1, 0.15) is 46.1 Å². The molecule has 1 saturated carbocycles. The molecule has 0 aliphatic heterocycles. The molecule has 116 valence electrons. The number of pyridine rings is 1. The lowest BCUT2D eigenvalue weighted by Crippen LogP contribution is -2.04. The van der Waals surface area contributed by atoms with Crippen LogP contribution in [0, 0.1) is 0 Å². The van der Waals surface area contributed by atoms with Crippen molar-refractivity contribution in [2.24, 2.45) is 0 Å². The maximum atomic E-state index is 11.3. The topological polar surface area (TPSA) is 66.0 Å². The minimum Gasteiger partial charge on any atom is -0.477 e. The van der Waals surface area contributed by atoms with Crippen LogP contribution in [0.3, 0.4) is 0 Å². The number of fused-ring (bicyclic) bond motifs is 1. The van der Waals surface area contributed by atoms with Crippen molar-refractivity contribution in [1.29, 1.82) is 0 Å². The second-order valence-corrected chi connectivity index (χ2v) is 6.48. The van der Waals surface area contributed by atoms with Gasteiger partial charge in [0.05, 0.1) is 0 Å². The Morgan fingerprint density at radius 1 is 1.30 bits per heavy atom. The molecule has 23 heavy (non-hydrogen) atoms. The number of carboxylic acids is 1. The van der Waals surface area contributed by atoms with Gasteiger partial charge in [-0.3, -0.25) is 0 Å². The number of aromatic nitrogens is 2. The van der Waals surface area contributed by atoms with Gasteiger partial charge in [0, 0.05) is 33.7 Å². The van der Waals surface area contributed by atoms with E-state index in [1.54, 1.807) is 6.07 Å². The summed E-state index contributed by atoms with van der Waals surface area (Å²) in [6.07, 6.45) is 4.80. The normalized spacial score (nSPS) is 14.3. The molecule has 2 heterocycles. The van der Waals surface area contributed by atoms with Crippen molar-refractivity contribution >= 4 is 28.5 Å². The van der Waals surface area contributed by atoms with Gasteiger partial charge in [-0.25, -0.2) is 9.78 Å². The van der Waals surface area contributed by atoms with Crippen molar-refractivity contribution in [2.75, 3.05) is 0 Å². The van der Waals surface area contributed by atoms with Crippen molar-refractivity contribution < 1.29 is 9.90 Å². The lowest BCUT2D eigenvalue weighted by Gasteiger charge is -2.06. The number of H-pyrrole nitrogens is 1. The molecule has 0 atom stereocenters. The molecular formula is C18H15ClN2O2. The molecule has 4 nitrogen and oxygen atoms in total. The van der Waals surface area contributed by atoms with Crippen LogP contribution < -0.4 is 0 Å². The molecule has 3 aromatic rings. The Morgan fingerprint density at radius 3 is 2.87 bits per heavy atom. The summed E-state index contributed by atoms with van der Waals surface area (Å²) in [6, 6.07) is 9.44. The summed E-state index contributed by atoms with van der Waals surface area (Å²) in [5.74, 6) is -0.554. The van der Waals surface area contributed by atoms with Crippen LogP contribution in [-0.4, -0.2) is 21.0 Å². The van der Waals surface area contributed by atoms with E-state index in [2.05, 4.69) is 9.97 Å². The first-order valence-electron chi connectivity index (χ1n) is 7.60. The number of rotatable bonds is 4. The van der Waals surface area contributed by atoms with E-state index >= 15 is 0 Å². The molecule has 0 unspecified atom stereocenters. The predicted molar refractivity (Wildman–Crippen MR) is 89.3 cm³/mol. The SMILES string of the molecule is O=C(O)c1cc(Cc2c[nH]c3ccc(Cl)cc23)cc(C2CC2)n1. The number of halogens is 1. The third-order valence-electron chi connectivity index (χ3n) is 4.24. The van der Waals surface area contributed by atoms with E-state index in [0.29, 0.717) is 17.4 Å². The quantitative estimate of drug-likeness (QED) is 0.747. The summed E-state index contributed by atoms with van der Waals surface area (Å²) in [4.78, 5) is 18.8. The minimum absolute atomic E-state index is 0.127. The molecule has 0 spiro atoms. The van der Waals surface area contributed by atoms with Crippen molar-refractivity contribution in [3.05, 3.63) is 64.1 Å². The zero-order valence-electron chi connectivity index (χ0n) is 12.3. The monoisotopic (exact) mass is 326 g/mol. The minimum atomic E-state index is -0.976. The first kappa shape index (κ1) is 14.3.